The minimum absolute atomic E-state index is 0.135. The molecule has 0 radical (unpaired) electrons. The molecule has 0 unspecified atom stereocenters. The van der Waals surface area contributed by atoms with Crippen LogP contribution in [-0.4, -0.2) is 30.4 Å². The van der Waals surface area contributed by atoms with E-state index in [0.717, 1.165) is 26.5 Å². The van der Waals surface area contributed by atoms with Crippen LogP contribution < -0.4 is 16.4 Å². The average molecular weight is 426 g/mol. The number of rotatable bonds is 5. The van der Waals surface area contributed by atoms with Crippen LogP contribution in [0.3, 0.4) is 0 Å². The first-order chi connectivity index (χ1) is 14.8. The van der Waals surface area contributed by atoms with Gasteiger partial charge in [-0.2, -0.15) is 10.2 Å². The molecule has 0 spiro atoms. The number of anilines is 1. The van der Waals surface area contributed by atoms with Gasteiger partial charge < -0.3 is 9.88 Å². The Morgan fingerprint density at radius 3 is 2.65 bits per heavy atom. The summed E-state index contributed by atoms with van der Waals surface area (Å²) in [5, 5.41) is 12.4. The number of hydrogen-bond donors (Lipinski definition) is 1. The number of aryl methyl sites for hydroxylation is 1. The summed E-state index contributed by atoms with van der Waals surface area (Å²) < 4.78 is 31.3. The van der Waals surface area contributed by atoms with Gasteiger partial charge in [-0.1, -0.05) is 6.07 Å². The molecule has 4 heterocycles. The van der Waals surface area contributed by atoms with Crippen LogP contribution >= 0.6 is 0 Å². The Bertz CT molecular complexity index is 1430. The lowest BCUT2D eigenvalue weighted by Gasteiger charge is -2.21. The first-order valence-electron chi connectivity index (χ1n) is 9.93. The van der Waals surface area contributed by atoms with Crippen LogP contribution in [0.15, 0.2) is 52.3 Å². The Kier molecular flexibility index (Phi) is 4.21. The van der Waals surface area contributed by atoms with Crippen molar-refractivity contribution in [2.45, 2.75) is 37.8 Å². The van der Waals surface area contributed by atoms with Gasteiger partial charge in [0.15, 0.2) is 5.82 Å². The van der Waals surface area contributed by atoms with Crippen LogP contribution in [-0.2, 0) is 12.6 Å². The van der Waals surface area contributed by atoms with E-state index in [-0.39, 0.29) is 24.3 Å². The molecule has 0 aliphatic heterocycles. The largest absolute Gasteiger partial charge is 0.360 e. The number of alkyl halides is 2. The quantitative estimate of drug-likeness (QED) is 0.530. The summed E-state index contributed by atoms with van der Waals surface area (Å²) in [6.45, 7) is 1.91. The Labute approximate surface area is 174 Å². The van der Waals surface area contributed by atoms with Gasteiger partial charge in [-0.15, -0.1) is 0 Å². The molecular formula is C21H20F2N6O2. The van der Waals surface area contributed by atoms with E-state index in [1.807, 2.05) is 31.2 Å². The summed E-state index contributed by atoms with van der Waals surface area (Å²) in [6.07, 6.45) is 0.803. The molecule has 10 heteroatoms. The summed E-state index contributed by atoms with van der Waals surface area (Å²) in [5.74, 6) is 0.326. The number of aromatic nitrogens is 5. The van der Waals surface area contributed by atoms with E-state index in [0.29, 0.717) is 11.2 Å². The zero-order valence-electron chi connectivity index (χ0n) is 16.9. The highest BCUT2D eigenvalue weighted by atomic mass is 19.3. The van der Waals surface area contributed by atoms with E-state index in [2.05, 4.69) is 15.5 Å². The van der Waals surface area contributed by atoms with Crippen LogP contribution in [0.25, 0.3) is 16.3 Å². The third-order valence-electron chi connectivity index (χ3n) is 5.98. The summed E-state index contributed by atoms with van der Waals surface area (Å²) >= 11 is 0. The van der Waals surface area contributed by atoms with E-state index in [1.165, 1.54) is 13.2 Å². The highest BCUT2D eigenvalue weighted by molar-refractivity contribution is 5.90. The minimum Gasteiger partial charge on any atom is -0.360 e. The van der Waals surface area contributed by atoms with Gasteiger partial charge in [-0.25, -0.2) is 18.0 Å². The molecule has 1 atom stereocenters. The van der Waals surface area contributed by atoms with Gasteiger partial charge in [0.05, 0.1) is 22.6 Å². The van der Waals surface area contributed by atoms with Crippen LogP contribution in [0.2, 0.25) is 0 Å². The lowest BCUT2D eigenvalue weighted by atomic mass is 10.1. The first-order valence-corrected chi connectivity index (χ1v) is 9.93. The van der Waals surface area contributed by atoms with Gasteiger partial charge >= 0.3 is 0 Å². The predicted molar refractivity (Wildman–Crippen MR) is 112 cm³/mol. The second kappa shape index (κ2) is 6.73. The first kappa shape index (κ1) is 19.4. The molecule has 8 nitrogen and oxygen atoms in total. The molecule has 1 aliphatic carbocycles. The molecule has 0 amide bonds. The number of halogens is 2. The predicted octanol–water partition coefficient (Wildman–Crippen LogP) is 2.67. The highest BCUT2D eigenvalue weighted by Crippen LogP contribution is 2.48. The van der Waals surface area contributed by atoms with Crippen molar-refractivity contribution in [2.75, 3.05) is 5.32 Å². The number of pyridine rings is 2. The maximum atomic E-state index is 13.7. The van der Waals surface area contributed by atoms with Crippen molar-refractivity contribution >= 4 is 22.1 Å². The van der Waals surface area contributed by atoms with Gasteiger partial charge in [0.2, 0.25) is 0 Å². The van der Waals surface area contributed by atoms with Gasteiger partial charge in [0, 0.05) is 30.9 Å². The molecule has 1 aliphatic rings. The fourth-order valence-electron chi connectivity index (χ4n) is 4.05. The molecule has 0 saturated heterocycles. The van der Waals surface area contributed by atoms with Crippen LogP contribution in [0.1, 0.15) is 31.5 Å². The monoisotopic (exact) mass is 426 g/mol. The Morgan fingerprint density at radius 2 is 1.94 bits per heavy atom. The lowest BCUT2D eigenvalue weighted by Crippen LogP contribution is -2.36. The Hall–Kier alpha value is -3.56. The summed E-state index contributed by atoms with van der Waals surface area (Å²) in [4.78, 5) is 25.2. The molecule has 0 bridgehead atoms. The van der Waals surface area contributed by atoms with Crippen molar-refractivity contribution in [3.8, 4) is 0 Å². The number of hydrogen-bond acceptors (Lipinski definition) is 5. The Balaban J connectivity index is 1.66. The average Bonchev–Trinajstić information content (AvgIpc) is 3.41. The van der Waals surface area contributed by atoms with Crippen molar-refractivity contribution in [1.82, 2.24) is 24.0 Å². The lowest BCUT2D eigenvalue weighted by molar-refractivity contribution is 0.0654. The van der Waals surface area contributed by atoms with E-state index in [4.69, 9.17) is 0 Å². The topological polar surface area (TPSA) is 86.2 Å². The summed E-state index contributed by atoms with van der Waals surface area (Å²) in [6, 6.07) is 8.49. The standard InChI is InChI=1S/C21H20F2N6O2/c1-12(16-5-3-4-13-6-9-24-29(13)16)25-18-15-11-28(21(7-8-21)20(22)23)17(30)10-14(15)19(31)27(2)26-18/h3-6,9-12,20H,7-8H2,1-2H3,(H,25,26)/t12-/m1/s1. The zero-order chi connectivity index (χ0) is 21.9. The summed E-state index contributed by atoms with van der Waals surface area (Å²) in [5.41, 5.74) is -0.810. The highest BCUT2D eigenvalue weighted by Gasteiger charge is 2.53. The third-order valence-corrected chi connectivity index (χ3v) is 5.98. The van der Waals surface area contributed by atoms with Crippen molar-refractivity contribution < 1.29 is 8.78 Å². The van der Waals surface area contributed by atoms with Crippen LogP contribution in [0.4, 0.5) is 14.6 Å². The minimum atomic E-state index is -2.67. The molecular weight excluding hydrogens is 406 g/mol. The van der Waals surface area contributed by atoms with E-state index >= 15 is 0 Å². The fourth-order valence-corrected chi connectivity index (χ4v) is 4.05. The van der Waals surface area contributed by atoms with E-state index < -0.39 is 23.1 Å². The SMILES string of the molecule is C[C@@H](Nc1nn(C)c(=O)c2cc(=O)n(C3(C(F)F)CC3)cc12)c1cccc2ccnn12. The van der Waals surface area contributed by atoms with Gasteiger partial charge in [-0.3, -0.25) is 9.59 Å². The Morgan fingerprint density at radius 1 is 1.16 bits per heavy atom. The molecule has 4 aromatic heterocycles. The third kappa shape index (κ3) is 2.93. The van der Waals surface area contributed by atoms with Gasteiger partial charge in [0.1, 0.15) is 5.54 Å². The molecule has 1 N–H and O–H groups in total. The van der Waals surface area contributed by atoms with Crippen molar-refractivity contribution in [3.05, 3.63) is 69.1 Å². The second-order valence-corrected chi connectivity index (χ2v) is 7.98. The van der Waals surface area contributed by atoms with E-state index in [9.17, 15) is 18.4 Å². The van der Waals surface area contributed by atoms with Crippen molar-refractivity contribution in [2.24, 2.45) is 7.05 Å². The smallest absolute Gasteiger partial charge is 0.274 e. The van der Waals surface area contributed by atoms with Crippen molar-refractivity contribution in [3.63, 3.8) is 0 Å². The summed E-state index contributed by atoms with van der Waals surface area (Å²) in [7, 11) is 1.49. The number of nitrogens with one attached hydrogen (secondary N) is 1. The van der Waals surface area contributed by atoms with Crippen LogP contribution in [0, 0.1) is 0 Å². The number of nitrogens with zero attached hydrogens (tertiary/aromatic N) is 5. The maximum Gasteiger partial charge on any atom is 0.274 e. The molecule has 160 valence electrons. The van der Waals surface area contributed by atoms with Gasteiger partial charge in [-0.05, 0) is 38.0 Å². The maximum absolute atomic E-state index is 13.7. The van der Waals surface area contributed by atoms with Crippen molar-refractivity contribution in [1.29, 1.82) is 0 Å². The zero-order valence-corrected chi connectivity index (χ0v) is 16.9. The number of fused-ring (bicyclic) bond motifs is 2. The molecule has 4 aromatic rings. The van der Waals surface area contributed by atoms with E-state index in [1.54, 1.807) is 10.7 Å². The van der Waals surface area contributed by atoms with Gasteiger partial charge in [0.25, 0.3) is 17.5 Å². The fraction of sp³-hybridized carbons (Fsp3) is 0.333. The molecule has 31 heavy (non-hydrogen) atoms. The van der Waals surface area contributed by atoms with Crippen LogP contribution in [0.5, 0.6) is 0 Å². The molecule has 1 saturated carbocycles. The molecule has 0 aromatic carbocycles. The normalized spacial score (nSPS) is 16.2. The second-order valence-electron chi connectivity index (χ2n) is 7.98. The molecule has 5 rings (SSSR count). The molecule has 1 fully saturated rings.